The van der Waals surface area contributed by atoms with Gasteiger partial charge >= 0.3 is 5.97 Å². The van der Waals surface area contributed by atoms with Crippen molar-refractivity contribution in [1.29, 1.82) is 0 Å². The Balaban J connectivity index is 2.26. The predicted octanol–water partition coefficient (Wildman–Crippen LogP) is 1.52. The molecule has 0 bridgehead atoms. The molecule has 0 spiro atoms. The Morgan fingerprint density at radius 1 is 1.40 bits per heavy atom. The van der Waals surface area contributed by atoms with Crippen LogP contribution in [0.3, 0.4) is 0 Å². The molecule has 2 aromatic heterocycles. The van der Waals surface area contributed by atoms with Gasteiger partial charge in [-0.1, -0.05) is 0 Å². The van der Waals surface area contributed by atoms with E-state index >= 15 is 0 Å². The zero-order valence-corrected chi connectivity index (χ0v) is 11.5. The van der Waals surface area contributed by atoms with Crippen LogP contribution in [0.2, 0.25) is 0 Å². The molecule has 0 unspecified atom stereocenters. The van der Waals surface area contributed by atoms with Gasteiger partial charge in [0.25, 0.3) is 0 Å². The molecule has 2 rings (SSSR count). The van der Waals surface area contributed by atoms with Crippen molar-refractivity contribution in [2.75, 3.05) is 5.32 Å². The molecule has 0 aliphatic carbocycles. The van der Waals surface area contributed by atoms with Crippen molar-refractivity contribution in [3.63, 3.8) is 0 Å². The molecule has 2 heterocycles. The number of carboxylic acid groups (broad SMARTS) is 1. The Morgan fingerprint density at radius 3 is 2.80 bits per heavy atom. The van der Waals surface area contributed by atoms with Gasteiger partial charge in [0.05, 0.1) is 6.04 Å². The summed E-state index contributed by atoms with van der Waals surface area (Å²) in [6.07, 6.45) is 4.21. The van der Waals surface area contributed by atoms with E-state index in [0.29, 0.717) is 0 Å². The maximum absolute atomic E-state index is 11.1. The standard InChI is InChI=1S/C12H16N6O2/c1-7(2)18-6-15-17-11(18)8(3)16-10-9(12(19)20)4-13-5-14-10/h4-8H,1-3H3,(H,19,20)(H,13,14,16)/t8-/m0/s1. The van der Waals surface area contributed by atoms with Crippen molar-refractivity contribution in [3.8, 4) is 0 Å². The number of rotatable bonds is 5. The third-order valence-corrected chi connectivity index (χ3v) is 2.84. The van der Waals surface area contributed by atoms with Gasteiger partial charge < -0.3 is 15.0 Å². The Kier molecular flexibility index (Phi) is 3.92. The Morgan fingerprint density at radius 2 is 2.15 bits per heavy atom. The van der Waals surface area contributed by atoms with Gasteiger partial charge in [0.1, 0.15) is 24.0 Å². The summed E-state index contributed by atoms with van der Waals surface area (Å²) in [5, 5.41) is 20.1. The minimum atomic E-state index is -1.08. The molecule has 0 fully saturated rings. The van der Waals surface area contributed by atoms with Crippen LogP contribution in [0.25, 0.3) is 0 Å². The average Bonchev–Trinajstić information content (AvgIpc) is 2.88. The highest BCUT2D eigenvalue weighted by atomic mass is 16.4. The normalized spacial score (nSPS) is 12.4. The third kappa shape index (κ3) is 2.73. The minimum Gasteiger partial charge on any atom is -0.477 e. The van der Waals surface area contributed by atoms with Gasteiger partial charge in [-0.25, -0.2) is 14.8 Å². The van der Waals surface area contributed by atoms with E-state index in [4.69, 9.17) is 5.11 Å². The van der Waals surface area contributed by atoms with Gasteiger partial charge in [-0.05, 0) is 20.8 Å². The Bertz CT molecular complexity index is 609. The first-order valence-corrected chi connectivity index (χ1v) is 6.20. The molecule has 0 aromatic carbocycles. The maximum Gasteiger partial charge on any atom is 0.341 e. The number of aromatic carboxylic acids is 1. The lowest BCUT2D eigenvalue weighted by atomic mass is 10.2. The van der Waals surface area contributed by atoms with Crippen molar-refractivity contribution >= 4 is 11.8 Å². The van der Waals surface area contributed by atoms with E-state index in [1.807, 2.05) is 25.3 Å². The molecule has 106 valence electrons. The first kappa shape index (κ1) is 13.9. The third-order valence-electron chi connectivity index (χ3n) is 2.84. The van der Waals surface area contributed by atoms with E-state index in [9.17, 15) is 4.79 Å². The molecule has 2 aromatic rings. The SMILES string of the molecule is CC(C)n1cnnc1[C@H](C)Nc1ncncc1C(=O)O. The molecular formula is C12H16N6O2. The number of hydrogen-bond donors (Lipinski definition) is 2. The van der Waals surface area contributed by atoms with Crippen LogP contribution in [0, 0.1) is 0 Å². The van der Waals surface area contributed by atoms with E-state index in [1.165, 1.54) is 12.5 Å². The summed E-state index contributed by atoms with van der Waals surface area (Å²) in [7, 11) is 0. The van der Waals surface area contributed by atoms with Crippen LogP contribution >= 0.6 is 0 Å². The largest absolute Gasteiger partial charge is 0.477 e. The van der Waals surface area contributed by atoms with E-state index in [-0.39, 0.29) is 23.5 Å². The summed E-state index contributed by atoms with van der Waals surface area (Å²) in [6.45, 7) is 5.91. The van der Waals surface area contributed by atoms with Crippen molar-refractivity contribution in [2.24, 2.45) is 0 Å². The molecule has 2 N–H and O–H groups in total. The lowest BCUT2D eigenvalue weighted by Crippen LogP contribution is -2.17. The monoisotopic (exact) mass is 276 g/mol. The number of aromatic nitrogens is 5. The van der Waals surface area contributed by atoms with Crippen LogP contribution in [0.1, 0.15) is 49.0 Å². The number of carboxylic acids is 1. The number of nitrogens with zero attached hydrogens (tertiary/aromatic N) is 5. The maximum atomic E-state index is 11.1. The van der Waals surface area contributed by atoms with Crippen molar-refractivity contribution in [2.45, 2.75) is 32.9 Å². The summed E-state index contributed by atoms with van der Waals surface area (Å²) >= 11 is 0. The summed E-state index contributed by atoms with van der Waals surface area (Å²) < 4.78 is 1.92. The lowest BCUT2D eigenvalue weighted by molar-refractivity contribution is 0.0697. The van der Waals surface area contributed by atoms with Gasteiger partial charge in [0.2, 0.25) is 0 Å². The van der Waals surface area contributed by atoms with Crippen LogP contribution in [0.15, 0.2) is 18.9 Å². The summed E-state index contributed by atoms with van der Waals surface area (Å²) in [4.78, 5) is 18.8. The average molecular weight is 276 g/mol. The number of carbonyl (C=O) groups is 1. The van der Waals surface area contributed by atoms with Gasteiger partial charge in [0, 0.05) is 12.2 Å². The second-order valence-corrected chi connectivity index (χ2v) is 4.65. The predicted molar refractivity (Wildman–Crippen MR) is 71.4 cm³/mol. The molecule has 0 saturated carbocycles. The fourth-order valence-corrected chi connectivity index (χ4v) is 1.83. The van der Waals surface area contributed by atoms with E-state index in [2.05, 4.69) is 25.5 Å². The first-order chi connectivity index (χ1) is 9.50. The fourth-order valence-electron chi connectivity index (χ4n) is 1.83. The highest BCUT2D eigenvalue weighted by molar-refractivity contribution is 5.92. The Labute approximate surface area is 115 Å². The molecule has 20 heavy (non-hydrogen) atoms. The highest BCUT2D eigenvalue weighted by Gasteiger charge is 2.18. The molecule has 0 aliphatic heterocycles. The lowest BCUT2D eigenvalue weighted by Gasteiger charge is -2.17. The molecule has 8 nitrogen and oxygen atoms in total. The number of hydrogen-bond acceptors (Lipinski definition) is 6. The van der Waals surface area contributed by atoms with Crippen LogP contribution < -0.4 is 5.32 Å². The van der Waals surface area contributed by atoms with Crippen LogP contribution in [-0.4, -0.2) is 35.8 Å². The molecule has 1 atom stereocenters. The molecule has 8 heteroatoms. The molecular weight excluding hydrogens is 260 g/mol. The minimum absolute atomic E-state index is 0.0231. The molecule has 0 saturated heterocycles. The zero-order chi connectivity index (χ0) is 14.7. The summed E-state index contributed by atoms with van der Waals surface area (Å²) in [6, 6.07) is -0.0125. The number of nitrogens with one attached hydrogen (secondary N) is 1. The topological polar surface area (TPSA) is 106 Å². The Hall–Kier alpha value is -2.51. The highest BCUT2D eigenvalue weighted by Crippen LogP contribution is 2.20. The summed E-state index contributed by atoms with van der Waals surface area (Å²) in [5.41, 5.74) is 0.0231. The van der Waals surface area contributed by atoms with Crippen molar-refractivity contribution in [3.05, 3.63) is 30.2 Å². The van der Waals surface area contributed by atoms with Crippen molar-refractivity contribution in [1.82, 2.24) is 24.7 Å². The smallest absolute Gasteiger partial charge is 0.341 e. The van der Waals surface area contributed by atoms with Gasteiger partial charge in [-0.3, -0.25) is 0 Å². The van der Waals surface area contributed by atoms with E-state index in [1.54, 1.807) is 6.33 Å². The molecule has 0 aliphatic rings. The van der Waals surface area contributed by atoms with Gasteiger partial charge in [-0.2, -0.15) is 0 Å². The van der Waals surface area contributed by atoms with Crippen LogP contribution in [0.5, 0.6) is 0 Å². The second kappa shape index (κ2) is 5.64. The van der Waals surface area contributed by atoms with E-state index < -0.39 is 5.97 Å². The quantitative estimate of drug-likeness (QED) is 0.852. The van der Waals surface area contributed by atoms with Gasteiger partial charge in [0.15, 0.2) is 5.82 Å². The van der Waals surface area contributed by atoms with Crippen LogP contribution in [0.4, 0.5) is 5.82 Å². The second-order valence-electron chi connectivity index (χ2n) is 4.65. The zero-order valence-electron chi connectivity index (χ0n) is 11.5. The molecule has 0 amide bonds. The molecule has 0 radical (unpaired) electrons. The summed E-state index contributed by atoms with van der Waals surface area (Å²) in [5.74, 6) is -0.0983. The van der Waals surface area contributed by atoms with E-state index in [0.717, 1.165) is 5.82 Å². The number of anilines is 1. The van der Waals surface area contributed by atoms with Crippen molar-refractivity contribution < 1.29 is 9.90 Å². The van der Waals surface area contributed by atoms with Gasteiger partial charge in [-0.15, -0.1) is 10.2 Å². The first-order valence-electron chi connectivity index (χ1n) is 6.20. The van der Waals surface area contributed by atoms with Crippen LogP contribution in [-0.2, 0) is 0 Å². The fraction of sp³-hybridized carbons (Fsp3) is 0.417.